The Bertz CT molecular complexity index is 899. The molecule has 1 aromatic carbocycles. The molecule has 25 heavy (non-hydrogen) atoms. The van der Waals surface area contributed by atoms with Crippen LogP contribution in [0.25, 0.3) is 0 Å². The number of hydrogen-bond donors (Lipinski definition) is 0. The summed E-state index contributed by atoms with van der Waals surface area (Å²) in [6.45, 7) is 3.07. The van der Waals surface area contributed by atoms with Crippen LogP contribution in [0.5, 0.6) is 11.5 Å². The average Bonchev–Trinajstić information content (AvgIpc) is 3.21. The summed E-state index contributed by atoms with van der Waals surface area (Å²) in [7, 11) is -1.77. The SMILES string of the molecule is Cc1ncc(S(=O)(=O)N2CCC(c3ccc4c(c3)OCO4)CC2)n1C. The molecular weight excluding hydrogens is 342 g/mol. The predicted octanol–water partition coefficient (Wildman–Crippen LogP) is 2.03. The first-order valence-electron chi connectivity index (χ1n) is 8.35. The second kappa shape index (κ2) is 6.03. The second-order valence-electron chi connectivity index (χ2n) is 6.49. The number of fused-ring (bicyclic) bond motifs is 1. The fourth-order valence-electron chi connectivity index (χ4n) is 3.45. The number of rotatable bonds is 3. The third kappa shape index (κ3) is 2.79. The first-order chi connectivity index (χ1) is 12.0. The van der Waals surface area contributed by atoms with Gasteiger partial charge in [-0.05, 0) is 43.4 Å². The van der Waals surface area contributed by atoms with Gasteiger partial charge in [-0.2, -0.15) is 4.31 Å². The summed E-state index contributed by atoms with van der Waals surface area (Å²) in [5.74, 6) is 2.57. The molecule has 0 radical (unpaired) electrons. The number of ether oxygens (including phenoxy) is 2. The molecule has 2 aliphatic heterocycles. The summed E-state index contributed by atoms with van der Waals surface area (Å²) in [6.07, 6.45) is 3.01. The molecule has 0 saturated carbocycles. The van der Waals surface area contributed by atoms with Gasteiger partial charge >= 0.3 is 0 Å². The van der Waals surface area contributed by atoms with E-state index in [1.54, 1.807) is 22.8 Å². The van der Waals surface area contributed by atoms with E-state index in [1.807, 2.05) is 18.2 Å². The van der Waals surface area contributed by atoms with Crippen LogP contribution >= 0.6 is 0 Å². The Morgan fingerprint density at radius 2 is 1.88 bits per heavy atom. The Morgan fingerprint density at radius 1 is 1.16 bits per heavy atom. The highest BCUT2D eigenvalue weighted by Gasteiger charge is 2.32. The molecule has 0 atom stereocenters. The van der Waals surface area contributed by atoms with Gasteiger partial charge in [0.1, 0.15) is 5.82 Å². The van der Waals surface area contributed by atoms with Crippen LogP contribution in [0, 0.1) is 6.92 Å². The highest BCUT2D eigenvalue weighted by atomic mass is 32.2. The third-order valence-electron chi connectivity index (χ3n) is 5.10. The van der Waals surface area contributed by atoms with Crippen molar-refractivity contribution in [2.45, 2.75) is 30.7 Å². The van der Waals surface area contributed by atoms with Gasteiger partial charge in [0.25, 0.3) is 10.0 Å². The van der Waals surface area contributed by atoms with Crippen LogP contribution in [0.1, 0.15) is 30.1 Å². The highest BCUT2D eigenvalue weighted by Crippen LogP contribution is 2.38. The Labute approximate surface area is 147 Å². The number of nitrogens with zero attached hydrogens (tertiary/aromatic N) is 3. The molecule has 1 saturated heterocycles. The maximum Gasteiger partial charge on any atom is 0.260 e. The number of imidazole rings is 1. The third-order valence-corrected chi connectivity index (χ3v) is 7.06. The molecule has 0 aliphatic carbocycles. The number of sulfonamides is 1. The van der Waals surface area contributed by atoms with Crippen molar-refractivity contribution in [3.8, 4) is 11.5 Å². The van der Waals surface area contributed by atoms with Gasteiger partial charge in [0.05, 0.1) is 6.20 Å². The normalized spacial score (nSPS) is 18.6. The molecule has 0 spiro atoms. The van der Waals surface area contributed by atoms with Crippen molar-refractivity contribution in [3.05, 3.63) is 35.8 Å². The second-order valence-corrected chi connectivity index (χ2v) is 8.38. The summed E-state index contributed by atoms with van der Waals surface area (Å²) in [4.78, 5) is 4.10. The zero-order chi connectivity index (χ0) is 17.6. The van der Waals surface area contributed by atoms with Crippen LogP contribution in [0.15, 0.2) is 29.4 Å². The molecule has 0 N–H and O–H groups in total. The lowest BCUT2D eigenvalue weighted by atomic mass is 9.90. The van der Waals surface area contributed by atoms with Gasteiger partial charge in [-0.15, -0.1) is 0 Å². The van der Waals surface area contributed by atoms with Crippen LogP contribution < -0.4 is 9.47 Å². The number of hydrogen-bond acceptors (Lipinski definition) is 5. The molecule has 4 rings (SSSR count). The monoisotopic (exact) mass is 363 g/mol. The standard InChI is InChI=1S/C17H21N3O4S/c1-12-18-10-17(19(12)2)25(21,22)20-7-5-13(6-8-20)14-3-4-15-16(9-14)24-11-23-15/h3-4,9-10,13H,5-8,11H2,1-2H3. The smallest absolute Gasteiger partial charge is 0.260 e. The van der Waals surface area contributed by atoms with Gasteiger partial charge in [-0.1, -0.05) is 6.07 Å². The van der Waals surface area contributed by atoms with Crippen molar-refractivity contribution >= 4 is 10.0 Å². The Morgan fingerprint density at radius 3 is 2.56 bits per heavy atom. The largest absolute Gasteiger partial charge is 0.454 e. The van der Waals surface area contributed by atoms with Gasteiger partial charge in [-0.25, -0.2) is 13.4 Å². The van der Waals surface area contributed by atoms with Crippen LogP contribution in [0.3, 0.4) is 0 Å². The molecule has 3 heterocycles. The number of aryl methyl sites for hydroxylation is 1. The van der Waals surface area contributed by atoms with E-state index in [0.717, 1.165) is 24.3 Å². The summed E-state index contributed by atoms with van der Waals surface area (Å²) < 4.78 is 39.7. The molecule has 0 amide bonds. The Kier molecular flexibility index (Phi) is 3.96. The van der Waals surface area contributed by atoms with Crippen molar-refractivity contribution in [3.63, 3.8) is 0 Å². The molecule has 2 aromatic rings. The van der Waals surface area contributed by atoms with Crippen LogP contribution in [-0.2, 0) is 17.1 Å². The lowest BCUT2D eigenvalue weighted by Crippen LogP contribution is -2.38. The maximum atomic E-state index is 12.8. The summed E-state index contributed by atoms with van der Waals surface area (Å²) >= 11 is 0. The van der Waals surface area contributed by atoms with Crippen LogP contribution in [0.2, 0.25) is 0 Å². The van der Waals surface area contributed by atoms with E-state index in [-0.39, 0.29) is 11.8 Å². The van der Waals surface area contributed by atoms with Crippen LogP contribution in [0.4, 0.5) is 0 Å². The van der Waals surface area contributed by atoms with E-state index < -0.39 is 10.0 Å². The van der Waals surface area contributed by atoms with Gasteiger partial charge in [0.2, 0.25) is 6.79 Å². The minimum absolute atomic E-state index is 0.256. The molecule has 0 bridgehead atoms. The fourth-order valence-corrected chi connectivity index (χ4v) is 5.07. The molecule has 0 unspecified atom stereocenters. The molecule has 134 valence electrons. The number of benzene rings is 1. The van der Waals surface area contributed by atoms with Gasteiger partial charge in [-0.3, -0.25) is 0 Å². The zero-order valence-corrected chi connectivity index (χ0v) is 15.1. The lowest BCUT2D eigenvalue weighted by molar-refractivity contribution is 0.174. The van der Waals surface area contributed by atoms with Gasteiger partial charge in [0.15, 0.2) is 16.5 Å². The topological polar surface area (TPSA) is 73.7 Å². The zero-order valence-electron chi connectivity index (χ0n) is 14.3. The molecule has 7 nitrogen and oxygen atoms in total. The summed E-state index contributed by atoms with van der Waals surface area (Å²) in [5.41, 5.74) is 1.18. The molecule has 8 heteroatoms. The fraction of sp³-hybridized carbons (Fsp3) is 0.471. The Balaban J connectivity index is 1.49. The molecule has 2 aliphatic rings. The van der Waals surface area contributed by atoms with E-state index in [4.69, 9.17) is 9.47 Å². The van der Waals surface area contributed by atoms with E-state index in [2.05, 4.69) is 4.98 Å². The van der Waals surface area contributed by atoms with E-state index in [9.17, 15) is 8.42 Å². The highest BCUT2D eigenvalue weighted by molar-refractivity contribution is 7.89. The van der Waals surface area contributed by atoms with Crippen molar-refractivity contribution in [2.75, 3.05) is 19.9 Å². The van der Waals surface area contributed by atoms with Crippen molar-refractivity contribution in [2.24, 2.45) is 7.05 Å². The average molecular weight is 363 g/mol. The first-order valence-corrected chi connectivity index (χ1v) is 9.79. The van der Waals surface area contributed by atoms with E-state index >= 15 is 0 Å². The van der Waals surface area contributed by atoms with Crippen molar-refractivity contribution < 1.29 is 17.9 Å². The maximum absolute atomic E-state index is 12.8. The van der Waals surface area contributed by atoms with E-state index in [0.29, 0.717) is 24.8 Å². The van der Waals surface area contributed by atoms with Crippen molar-refractivity contribution in [1.29, 1.82) is 0 Å². The summed E-state index contributed by atoms with van der Waals surface area (Å²) in [6, 6.07) is 5.99. The Hall–Kier alpha value is -2.06. The molecular formula is C17H21N3O4S. The minimum atomic E-state index is -3.50. The predicted molar refractivity (Wildman–Crippen MR) is 91.2 cm³/mol. The first kappa shape index (κ1) is 16.4. The quantitative estimate of drug-likeness (QED) is 0.834. The van der Waals surface area contributed by atoms with Crippen LogP contribution in [-0.4, -0.2) is 42.2 Å². The minimum Gasteiger partial charge on any atom is -0.454 e. The number of aromatic nitrogens is 2. The van der Waals surface area contributed by atoms with Gasteiger partial charge < -0.3 is 14.0 Å². The summed E-state index contributed by atoms with van der Waals surface area (Å²) in [5, 5.41) is 0.256. The van der Waals surface area contributed by atoms with Crippen molar-refractivity contribution in [1.82, 2.24) is 13.9 Å². The molecule has 1 aromatic heterocycles. The number of piperidine rings is 1. The molecule has 1 fully saturated rings. The van der Waals surface area contributed by atoms with E-state index in [1.165, 1.54) is 11.8 Å². The lowest BCUT2D eigenvalue weighted by Gasteiger charge is -2.31. The van der Waals surface area contributed by atoms with Gasteiger partial charge in [0, 0.05) is 20.1 Å².